The first-order chi connectivity index (χ1) is 17.8. The van der Waals surface area contributed by atoms with Crippen molar-refractivity contribution in [3.05, 3.63) is 0 Å². The van der Waals surface area contributed by atoms with Crippen LogP contribution in [0.5, 0.6) is 0 Å². The topological polar surface area (TPSA) is 101 Å². The molecule has 6 nitrogen and oxygen atoms in total. The van der Waals surface area contributed by atoms with Crippen molar-refractivity contribution in [3.8, 4) is 0 Å². The van der Waals surface area contributed by atoms with Gasteiger partial charge in [-0.25, -0.2) is 0 Å². The fourth-order valence-electron chi connectivity index (χ4n) is 4.49. The summed E-state index contributed by atoms with van der Waals surface area (Å²) in [5.41, 5.74) is 0. The van der Waals surface area contributed by atoms with Crippen molar-refractivity contribution in [1.29, 1.82) is 0 Å². The average molecular weight is 551 g/mol. The highest BCUT2D eigenvalue weighted by Gasteiger charge is 2.02. The monoisotopic (exact) mass is 550 g/mol. The van der Waals surface area contributed by atoms with Crippen molar-refractivity contribution in [3.63, 3.8) is 0 Å². The van der Waals surface area contributed by atoms with E-state index >= 15 is 0 Å². The maximum absolute atomic E-state index is 11.8. The van der Waals surface area contributed by atoms with Crippen LogP contribution in [-0.4, -0.2) is 30.1 Å². The number of carbonyl (C=O) groups excluding carboxylic acids is 1. The van der Waals surface area contributed by atoms with Gasteiger partial charge in [-0.1, -0.05) is 162 Å². The maximum atomic E-state index is 11.8. The molecule has 0 atom stereocenters. The van der Waals surface area contributed by atoms with Gasteiger partial charge in [-0.05, 0) is 12.8 Å². The Bertz CT molecular complexity index is 542. The lowest BCUT2D eigenvalue weighted by Gasteiger charge is -2.06. The van der Waals surface area contributed by atoms with E-state index in [1.807, 2.05) is 0 Å². The molecule has 7 heteroatoms. The highest BCUT2D eigenvalue weighted by molar-refractivity contribution is 7.79. The third-order valence-corrected chi connectivity index (χ3v) is 6.75. The quantitative estimate of drug-likeness (QED) is 0.0599. The largest absolute Gasteiger partial charge is 0.466 e. The number of rotatable bonds is 27. The lowest BCUT2D eigenvalue weighted by Crippen LogP contribution is -2.05. The fourth-order valence-corrected chi connectivity index (χ4v) is 4.49. The highest BCUT2D eigenvalue weighted by atomic mass is 32.3. The normalized spacial score (nSPS) is 11.2. The van der Waals surface area contributed by atoms with Crippen molar-refractivity contribution in [2.45, 2.75) is 181 Å². The predicted octanol–water partition coefficient (Wildman–Crippen LogP) is 10.1. The second-order valence-corrected chi connectivity index (χ2v) is 11.4. The van der Waals surface area contributed by atoms with E-state index in [1.54, 1.807) is 0 Å². The summed E-state index contributed by atoms with van der Waals surface area (Å²) in [6, 6.07) is 0. The Balaban J connectivity index is 0. The summed E-state index contributed by atoms with van der Waals surface area (Å²) >= 11 is 0. The van der Waals surface area contributed by atoms with Crippen molar-refractivity contribution >= 4 is 16.4 Å². The smallest absolute Gasteiger partial charge is 0.394 e. The molecule has 0 spiro atoms. The Morgan fingerprint density at radius 1 is 0.486 bits per heavy atom. The first-order valence-corrected chi connectivity index (χ1v) is 17.1. The Labute approximate surface area is 230 Å². The van der Waals surface area contributed by atoms with Gasteiger partial charge in [-0.15, -0.1) is 0 Å². The van der Waals surface area contributed by atoms with Gasteiger partial charge in [-0.3, -0.25) is 13.9 Å². The van der Waals surface area contributed by atoms with E-state index in [9.17, 15) is 4.79 Å². The van der Waals surface area contributed by atoms with Gasteiger partial charge < -0.3 is 4.74 Å². The molecule has 0 aromatic heterocycles. The molecular formula is C30H62O6S. The summed E-state index contributed by atoms with van der Waals surface area (Å²) in [6.45, 7) is 5.19. The zero-order valence-corrected chi connectivity index (χ0v) is 25.3. The Kier molecular flexibility index (Phi) is 32.8. The van der Waals surface area contributed by atoms with Crippen LogP contribution in [0, 0.1) is 0 Å². The molecule has 0 aliphatic carbocycles. The lowest BCUT2D eigenvalue weighted by molar-refractivity contribution is -0.143. The molecule has 0 aliphatic heterocycles. The van der Waals surface area contributed by atoms with Crippen LogP contribution >= 0.6 is 0 Å². The van der Waals surface area contributed by atoms with Gasteiger partial charge in [0.15, 0.2) is 0 Å². The highest BCUT2D eigenvalue weighted by Crippen LogP contribution is 2.14. The summed E-state index contributed by atoms with van der Waals surface area (Å²) in [5.74, 6) is 0.0237. The average Bonchev–Trinajstić information content (AvgIpc) is 2.84. The zero-order valence-electron chi connectivity index (χ0n) is 24.5. The minimum Gasteiger partial charge on any atom is -0.466 e. The first-order valence-electron chi connectivity index (χ1n) is 15.7. The fraction of sp³-hybridized carbons (Fsp3) is 0.967. The van der Waals surface area contributed by atoms with Gasteiger partial charge in [-0.2, -0.15) is 8.42 Å². The van der Waals surface area contributed by atoms with E-state index in [0.717, 1.165) is 12.8 Å². The molecule has 0 amide bonds. The molecule has 2 N–H and O–H groups in total. The van der Waals surface area contributed by atoms with E-state index in [0.29, 0.717) is 13.0 Å². The number of hydrogen-bond acceptors (Lipinski definition) is 4. The van der Waals surface area contributed by atoms with Crippen molar-refractivity contribution in [1.82, 2.24) is 0 Å². The molecular weight excluding hydrogens is 488 g/mol. The lowest BCUT2D eigenvalue weighted by atomic mass is 10.0. The molecule has 37 heavy (non-hydrogen) atoms. The van der Waals surface area contributed by atoms with Crippen LogP contribution in [0.25, 0.3) is 0 Å². The molecule has 0 aliphatic rings. The molecule has 0 aromatic carbocycles. The summed E-state index contributed by atoms with van der Waals surface area (Å²) in [5, 5.41) is 0. The van der Waals surface area contributed by atoms with Crippen LogP contribution < -0.4 is 0 Å². The molecule has 0 bridgehead atoms. The second-order valence-electron chi connectivity index (χ2n) is 10.6. The second kappa shape index (κ2) is 31.6. The molecule has 0 aromatic rings. The molecule has 0 heterocycles. The number of ether oxygens (including phenoxy) is 1. The minimum absolute atomic E-state index is 0.0237. The standard InChI is InChI=1S/C30H60O2.H2O4S/c1-3-5-7-9-11-13-15-16-17-18-19-20-22-24-26-28-30(31)32-29-27-25-23-21-14-12-10-8-6-4-2;1-5(2,3)4/h3-29H2,1-2H3;(H2,1,2,3,4). The molecule has 0 saturated carbocycles. The Hall–Kier alpha value is -0.660. The van der Waals surface area contributed by atoms with Crippen LogP contribution in [0.3, 0.4) is 0 Å². The number of unbranched alkanes of at least 4 members (excludes halogenated alkanes) is 23. The SMILES string of the molecule is CCCCCCCCCCCCCCCCCC(=O)OCCCCCCCCCCCC.O=S(=O)(O)O. The van der Waals surface area contributed by atoms with E-state index in [4.69, 9.17) is 22.3 Å². The third-order valence-electron chi connectivity index (χ3n) is 6.75. The van der Waals surface area contributed by atoms with Crippen LogP contribution in [-0.2, 0) is 19.9 Å². The van der Waals surface area contributed by atoms with E-state index < -0.39 is 10.4 Å². The molecule has 0 saturated heterocycles. The van der Waals surface area contributed by atoms with Crippen molar-refractivity contribution < 1.29 is 27.1 Å². The maximum Gasteiger partial charge on any atom is 0.394 e. The van der Waals surface area contributed by atoms with Crippen molar-refractivity contribution in [2.75, 3.05) is 6.61 Å². The summed E-state index contributed by atoms with van der Waals surface area (Å²) in [6.07, 6.45) is 34.2. The molecule has 0 unspecified atom stereocenters. The summed E-state index contributed by atoms with van der Waals surface area (Å²) in [4.78, 5) is 11.8. The summed E-state index contributed by atoms with van der Waals surface area (Å²) in [7, 11) is -4.67. The number of carbonyl (C=O) groups is 1. The van der Waals surface area contributed by atoms with Crippen LogP contribution in [0.15, 0.2) is 0 Å². The van der Waals surface area contributed by atoms with Gasteiger partial charge in [0.2, 0.25) is 0 Å². The van der Waals surface area contributed by atoms with Gasteiger partial charge in [0, 0.05) is 6.42 Å². The molecule has 224 valence electrons. The summed E-state index contributed by atoms with van der Waals surface area (Å²) < 4.78 is 37.0. The third kappa shape index (κ3) is 45.6. The minimum atomic E-state index is -4.67. The van der Waals surface area contributed by atoms with Gasteiger partial charge in [0.25, 0.3) is 0 Å². The molecule has 0 radical (unpaired) electrons. The van der Waals surface area contributed by atoms with Gasteiger partial charge in [0.1, 0.15) is 0 Å². The van der Waals surface area contributed by atoms with Gasteiger partial charge >= 0.3 is 16.4 Å². The zero-order chi connectivity index (χ0) is 27.9. The Morgan fingerprint density at radius 3 is 1.03 bits per heavy atom. The van der Waals surface area contributed by atoms with Crippen LogP contribution in [0.1, 0.15) is 181 Å². The van der Waals surface area contributed by atoms with Crippen LogP contribution in [0.2, 0.25) is 0 Å². The van der Waals surface area contributed by atoms with Crippen molar-refractivity contribution in [2.24, 2.45) is 0 Å². The van der Waals surface area contributed by atoms with E-state index in [-0.39, 0.29) is 5.97 Å². The van der Waals surface area contributed by atoms with Crippen LogP contribution in [0.4, 0.5) is 0 Å². The number of esters is 1. The molecule has 0 fully saturated rings. The Morgan fingerprint density at radius 2 is 0.730 bits per heavy atom. The van der Waals surface area contributed by atoms with Gasteiger partial charge in [0.05, 0.1) is 6.61 Å². The first kappa shape index (κ1) is 38.5. The molecule has 0 rings (SSSR count). The predicted molar refractivity (Wildman–Crippen MR) is 157 cm³/mol. The van der Waals surface area contributed by atoms with E-state index in [2.05, 4.69) is 13.8 Å². The van der Waals surface area contributed by atoms with E-state index in [1.165, 1.54) is 148 Å². The number of hydrogen-bond donors (Lipinski definition) is 2.